The molecular weight excluding hydrogens is 475 g/mol. The zero-order valence-electron chi connectivity index (χ0n) is 18.6. The second kappa shape index (κ2) is 8.54. The third kappa shape index (κ3) is 3.68. The lowest BCUT2D eigenvalue weighted by molar-refractivity contribution is -0.146. The number of carbonyl (C=O) groups is 1. The molecule has 3 heterocycles. The van der Waals surface area contributed by atoms with Gasteiger partial charge in [-0.25, -0.2) is 4.98 Å². The summed E-state index contributed by atoms with van der Waals surface area (Å²) in [6.45, 7) is 4.78. The predicted molar refractivity (Wildman–Crippen MR) is 133 cm³/mol. The molecule has 174 valence electrons. The summed E-state index contributed by atoms with van der Waals surface area (Å²) in [4.78, 5) is 23.2. The van der Waals surface area contributed by atoms with Crippen molar-refractivity contribution in [3.05, 3.63) is 64.4 Å². The van der Waals surface area contributed by atoms with Crippen molar-refractivity contribution in [2.24, 2.45) is 0 Å². The Bertz CT molecular complexity index is 1400. The van der Waals surface area contributed by atoms with Crippen molar-refractivity contribution in [1.82, 2.24) is 24.9 Å². The van der Waals surface area contributed by atoms with Gasteiger partial charge in [-0.15, -0.1) is 0 Å². The molecule has 0 radical (unpaired) electrons. The minimum atomic E-state index is -1.02. The van der Waals surface area contributed by atoms with Gasteiger partial charge in [-0.05, 0) is 37.2 Å². The lowest BCUT2D eigenvalue weighted by Crippen LogP contribution is -2.73. The van der Waals surface area contributed by atoms with Gasteiger partial charge in [0.25, 0.3) is 0 Å². The van der Waals surface area contributed by atoms with E-state index >= 15 is 0 Å². The molecule has 10 heteroatoms. The van der Waals surface area contributed by atoms with Gasteiger partial charge in [0.15, 0.2) is 11.2 Å². The number of nitrogens with zero attached hydrogens (tertiary/aromatic N) is 5. The molecule has 2 N–H and O–H groups in total. The molecule has 0 aliphatic carbocycles. The summed E-state index contributed by atoms with van der Waals surface area (Å²) >= 11 is 12.7. The number of halogens is 2. The zero-order valence-corrected chi connectivity index (χ0v) is 20.1. The highest BCUT2D eigenvalue weighted by Crippen LogP contribution is 2.39. The van der Waals surface area contributed by atoms with E-state index < -0.39 is 11.5 Å². The predicted octanol–water partition coefficient (Wildman–Crippen LogP) is 4.33. The summed E-state index contributed by atoms with van der Waals surface area (Å²) in [7, 11) is 0. The molecule has 1 aliphatic heterocycles. The van der Waals surface area contributed by atoms with Crippen molar-refractivity contribution in [2.45, 2.75) is 19.4 Å². The van der Waals surface area contributed by atoms with Crippen LogP contribution in [0.15, 0.2) is 48.5 Å². The maximum Gasteiger partial charge on any atom is 0.327 e. The standard InChI is InChI=1S/C24H22Cl2N6O2/c1-3-27-24(22(33)34)12-31(13-24)23-29-14(2)28-21-19(15-8-10-16(25)11-9-15)20(30-32(21)23)17-6-4-5-7-18(17)26/h4-11,27H,3,12-13H2,1-2H3,(H,33,34). The normalized spacial score (nSPS) is 14.9. The first kappa shape index (κ1) is 22.6. The summed E-state index contributed by atoms with van der Waals surface area (Å²) < 4.78 is 1.67. The van der Waals surface area contributed by atoms with E-state index in [0.29, 0.717) is 39.7 Å². The number of nitrogens with one attached hydrogen (secondary N) is 1. The van der Waals surface area contributed by atoms with Crippen LogP contribution in [0.2, 0.25) is 10.0 Å². The summed E-state index contributed by atoms with van der Waals surface area (Å²) in [5, 5.41) is 18.9. The highest BCUT2D eigenvalue weighted by molar-refractivity contribution is 6.33. The number of anilines is 1. The Hall–Kier alpha value is -3.20. The number of hydrogen-bond acceptors (Lipinski definition) is 6. The Labute approximate surface area is 206 Å². The Morgan fingerprint density at radius 1 is 1.12 bits per heavy atom. The van der Waals surface area contributed by atoms with Crippen LogP contribution in [0.1, 0.15) is 12.7 Å². The van der Waals surface area contributed by atoms with Gasteiger partial charge in [0.05, 0.1) is 23.7 Å². The first-order chi connectivity index (χ1) is 16.3. The molecule has 34 heavy (non-hydrogen) atoms. The smallest absolute Gasteiger partial charge is 0.327 e. The summed E-state index contributed by atoms with van der Waals surface area (Å²) in [6.07, 6.45) is 0. The van der Waals surface area contributed by atoms with Gasteiger partial charge in [-0.2, -0.15) is 14.6 Å². The van der Waals surface area contributed by atoms with E-state index in [9.17, 15) is 9.90 Å². The van der Waals surface area contributed by atoms with Crippen molar-refractivity contribution < 1.29 is 9.90 Å². The van der Waals surface area contributed by atoms with Gasteiger partial charge < -0.3 is 10.0 Å². The number of likely N-dealkylation sites (N-methyl/N-ethyl adjacent to an activating group) is 1. The average molecular weight is 497 g/mol. The molecular formula is C24H22Cl2N6O2. The van der Waals surface area contributed by atoms with Crippen LogP contribution >= 0.6 is 23.2 Å². The first-order valence-corrected chi connectivity index (χ1v) is 11.6. The van der Waals surface area contributed by atoms with Gasteiger partial charge >= 0.3 is 5.97 Å². The topological polar surface area (TPSA) is 95.7 Å². The van der Waals surface area contributed by atoms with E-state index in [1.165, 1.54) is 0 Å². The molecule has 4 aromatic rings. The van der Waals surface area contributed by atoms with Crippen molar-refractivity contribution in [3.63, 3.8) is 0 Å². The van der Waals surface area contributed by atoms with Crippen LogP contribution in [0.5, 0.6) is 0 Å². The summed E-state index contributed by atoms with van der Waals surface area (Å²) in [5.41, 5.74) is 2.70. The number of benzene rings is 2. The fourth-order valence-corrected chi connectivity index (χ4v) is 4.71. The lowest BCUT2D eigenvalue weighted by Gasteiger charge is -2.47. The lowest BCUT2D eigenvalue weighted by atomic mass is 9.90. The molecule has 2 aromatic carbocycles. The van der Waals surface area contributed by atoms with Crippen LogP contribution in [0.3, 0.4) is 0 Å². The van der Waals surface area contributed by atoms with Crippen LogP contribution in [0, 0.1) is 6.92 Å². The molecule has 0 amide bonds. The molecule has 0 atom stereocenters. The van der Waals surface area contributed by atoms with E-state index in [2.05, 4.69) is 10.3 Å². The van der Waals surface area contributed by atoms with Gasteiger partial charge in [-0.1, -0.05) is 60.5 Å². The van der Waals surface area contributed by atoms with E-state index in [-0.39, 0.29) is 13.1 Å². The Balaban J connectivity index is 1.72. The largest absolute Gasteiger partial charge is 0.480 e. The second-order valence-electron chi connectivity index (χ2n) is 8.29. The minimum Gasteiger partial charge on any atom is -0.480 e. The molecule has 0 unspecified atom stereocenters. The van der Waals surface area contributed by atoms with Gasteiger partial charge in [0.2, 0.25) is 5.95 Å². The molecule has 1 aliphatic rings. The molecule has 5 rings (SSSR count). The van der Waals surface area contributed by atoms with Crippen LogP contribution < -0.4 is 10.2 Å². The van der Waals surface area contributed by atoms with Gasteiger partial charge in [0, 0.05) is 10.6 Å². The summed E-state index contributed by atoms with van der Waals surface area (Å²) in [5.74, 6) is 0.206. The van der Waals surface area contributed by atoms with Gasteiger partial charge in [-0.3, -0.25) is 10.1 Å². The zero-order chi connectivity index (χ0) is 24.0. The third-order valence-corrected chi connectivity index (χ3v) is 6.55. The van der Waals surface area contributed by atoms with Crippen LogP contribution in [-0.4, -0.2) is 55.8 Å². The molecule has 8 nitrogen and oxygen atoms in total. The maximum atomic E-state index is 11.9. The van der Waals surface area contributed by atoms with Crippen molar-refractivity contribution in [3.8, 4) is 22.4 Å². The molecule has 0 saturated carbocycles. The Kier molecular flexibility index (Phi) is 5.67. The van der Waals surface area contributed by atoms with Crippen molar-refractivity contribution >= 4 is 40.8 Å². The minimum absolute atomic E-state index is 0.263. The van der Waals surface area contributed by atoms with Crippen molar-refractivity contribution in [1.29, 1.82) is 0 Å². The quantitative estimate of drug-likeness (QED) is 0.410. The van der Waals surface area contributed by atoms with Crippen molar-refractivity contribution in [2.75, 3.05) is 24.5 Å². The molecule has 1 saturated heterocycles. The van der Waals surface area contributed by atoms with E-state index in [1.54, 1.807) is 4.52 Å². The van der Waals surface area contributed by atoms with Crippen LogP contribution in [0.25, 0.3) is 28.0 Å². The highest BCUT2D eigenvalue weighted by atomic mass is 35.5. The number of aryl methyl sites for hydroxylation is 1. The fraction of sp³-hybridized carbons (Fsp3) is 0.250. The average Bonchev–Trinajstić information content (AvgIpc) is 3.15. The SMILES string of the molecule is CCNC1(C(=O)O)CN(c2nc(C)nc3c(-c4ccc(Cl)cc4)c(-c4ccccc4Cl)nn23)C1. The Morgan fingerprint density at radius 2 is 1.82 bits per heavy atom. The number of hydrogen-bond donors (Lipinski definition) is 2. The first-order valence-electron chi connectivity index (χ1n) is 10.8. The third-order valence-electron chi connectivity index (χ3n) is 5.97. The van der Waals surface area contributed by atoms with E-state index in [4.69, 9.17) is 33.3 Å². The summed E-state index contributed by atoms with van der Waals surface area (Å²) in [6, 6.07) is 15.0. The molecule has 2 aromatic heterocycles. The maximum absolute atomic E-state index is 11.9. The van der Waals surface area contributed by atoms with Crippen LogP contribution in [0.4, 0.5) is 5.95 Å². The van der Waals surface area contributed by atoms with Crippen LogP contribution in [-0.2, 0) is 4.79 Å². The van der Waals surface area contributed by atoms with Gasteiger partial charge in [0.1, 0.15) is 11.5 Å². The molecule has 0 spiro atoms. The number of aliphatic carboxylic acids is 1. The Morgan fingerprint density at radius 3 is 2.47 bits per heavy atom. The van der Waals surface area contributed by atoms with E-state index in [0.717, 1.165) is 16.7 Å². The van der Waals surface area contributed by atoms with E-state index in [1.807, 2.05) is 67.3 Å². The highest BCUT2D eigenvalue weighted by Gasteiger charge is 2.50. The second-order valence-corrected chi connectivity index (χ2v) is 9.13. The monoisotopic (exact) mass is 496 g/mol. The number of carboxylic acid groups (broad SMARTS) is 1. The molecule has 0 bridgehead atoms. The number of fused-ring (bicyclic) bond motifs is 1. The molecule has 1 fully saturated rings. The fourth-order valence-electron chi connectivity index (χ4n) is 4.36. The number of carboxylic acids is 1. The number of aromatic nitrogens is 4. The number of rotatable bonds is 6.